The Labute approximate surface area is 180 Å². The minimum atomic E-state index is -0.876. The number of carbonyl (C=O) groups is 4. The first kappa shape index (κ1) is 26.1. The van der Waals surface area contributed by atoms with E-state index in [0.717, 1.165) is 6.42 Å². The van der Waals surface area contributed by atoms with E-state index in [-0.39, 0.29) is 55.0 Å². The minimum Gasteiger partial charge on any atom is -0.353 e. The van der Waals surface area contributed by atoms with Crippen LogP contribution in [0.1, 0.15) is 67.2 Å². The molecule has 30 heavy (non-hydrogen) atoms. The van der Waals surface area contributed by atoms with Gasteiger partial charge in [-0.2, -0.15) is 0 Å². The van der Waals surface area contributed by atoms with Gasteiger partial charge in [-0.3, -0.25) is 19.2 Å². The van der Waals surface area contributed by atoms with Crippen molar-refractivity contribution >= 4 is 23.5 Å². The van der Waals surface area contributed by atoms with Gasteiger partial charge < -0.3 is 21.3 Å². The largest absolute Gasteiger partial charge is 0.353 e. The van der Waals surface area contributed by atoms with Crippen LogP contribution in [0.5, 0.6) is 0 Å². The third-order valence-electron chi connectivity index (χ3n) is 5.57. The van der Waals surface area contributed by atoms with E-state index in [1.807, 2.05) is 20.8 Å². The third kappa shape index (κ3) is 7.38. The zero-order valence-corrected chi connectivity index (χ0v) is 19.6. The van der Waals surface area contributed by atoms with Crippen molar-refractivity contribution in [1.29, 1.82) is 0 Å². The highest BCUT2D eigenvalue weighted by Crippen LogP contribution is 2.29. The van der Waals surface area contributed by atoms with Crippen LogP contribution in [-0.2, 0) is 19.2 Å². The van der Waals surface area contributed by atoms with E-state index in [0.29, 0.717) is 12.8 Å². The SMILES string of the molecule is CN(C(=O)C1CCC(NC(=O)C(C)(C)C)C1)C(CC(=O)C(C)(C)C)C(=O)NCCN. The summed E-state index contributed by atoms with van der Waals surface area (Å²) in [4.78, 5) is 52.0. The molecule has 0 aromatic carbocycles. The third-order valence-corrected chi connectivity index (χ3v) is 5.57. The first-order valence-corrected chi connectivity index (χ1v) is 10.8. The Balaban J connectivity index is 2.86. The smallest absolute Gasteiger partial charge is 0.243 e. The zero-order valence-electron chi connectivity index (χ0n) is 19.6. The molecule has 3 unspecified atom stereocenters. The maximum absolute atomic E-state index is 13.1. The van der Waals surface area contributed by atoms with Crippen LogP contribution in [0.3, 0.4) is 0 Å². The molecular weight excluding hydrogens is 384 g/mol. The van der Waals surface area contributed by atoms with Gasteiger partial charge in [0.25, 0.3) is 0 Å². The number of nitrogens with one attached hydrogen (secondary N) is 2. The molecule has 0 aromatic rings. The lowest BCUT2D eigenvalue weighted by Gasteiger charge is -2.31. The summed E-state index contributed by atoms with van der Waals surface area (Å²) < 4.78 is 0. The Morgan fingerprint density at radius 3 is 2.13 bits per heavy atom. The molecule has 1 fully saturated rings. The van der Waals surface area contributed by atoms with Crippen LogP contribution in [0.2, 0.25) is 0 Å². The van der Waals surface area contributed by atoms with Gasteiger partial charge in [0.2, 0.25) is 17.7 Å². The van der Waals surface area contributed by atoms with E-state index in [1.54, 1.807) is 27.8 Å². The fourth-order valence-corrected chi connectivity index (χ4v) is 3.38. The number of likely N-dealkylation sites (N-methyl/N-ethyl adjacent to an activating group) is 1. The van der Waals surface area contributed by atoms with Crippen molar-refractivity contribution in [2.24, 2.45) is 22.5 Å². The molecular formula is C22H40N4O4. The monoisotopic (exact) mass is 424 g/mol. The van der Waals surface area contributed by atoms with Crippen molar-refractivity contribution in [3.8, 4) is 0 Å². The predicted octanol–water partition coefficient (Wildman–Crippen LogP) is 1.22. The normalized spacial score (nSPS) is 20.4. The van der Waals surface area contributed by atoms with Crippen LogP contribution in [0.25, 0.3) is 0 Å². The molecule has 1 saturated carbocycles. The summed E-state index contributed by atoms with van der Waals surface area (Å²) in [7, 11) is 1.58. The van der Waals surface area contributed by atoms with Crippen molar-refractivity contribution in [2.45, 2.75) is 79.3 Å². The Morgan fingerprint density at radius 2 is 1.63 bits per heavy atom. The second-order valence-electron chi connectivity index (χ2n) is 10.4. The second kappa shape index (κ2) is 10.4. The molecule has 8 nitrogen and oxygen atoms in total. The zero-order chi connectivity index (χ0) is 23.3. The summed E-state index contributed by atoms with van der Waals surface area (Å²) in [6.07, 6.45) is 1.86. The highest BCUT2D eigenvalue weighted by atomic mass is 16.2. The summed E-state index contributed by atoms with van der Waals surface area (Å²) in [5, 5.41) is 5.72. The quantitative estimate of drug-likeness (QED) is 0.541. The summed E-state index contributed by atoms with van der Waals surface area (Å²) in [5.41, 5.74) is 4.38. The van der Waals surface area contributed by atoms with Crippen LogP contribution >= 0.6 is 0 Å². The second-order valence-corrected chi connectivity index (χ2v) is 10.4. The highest BCUT2D eigenvalue weighted by Gasteiger charge is 2.38. The number of nitrogens with zero attached hydrogens (tertiary/aromatic N) is 1. The minimum absolute atomic E-state index is 0.0382. The molecule has 1 aliphatic rings. The standard InChI is InChI=1S/C22H40N4O4/c1-21(2,3)17(27)13-16(18(28)24-11-10-23)26(7)19(29)14-8-9-15(12-14)25-20(30)22(4,5)6/h14-16H,8-13,23H2,1-7H3,(H,24,28)(H,25,30). The Bertz CT molecular complexity index is 649. The summed E-state index contributed by atoms with van der Waals surface area (Å²) in [5.74, 6) is -0.947. The first-order valence-electron chi connectivity index (χ1n) is 10.8. The van der Waals surface area contributed by atoms with Crippen LogP contribution in [-0.4, -0.2) is 60.6 Å². The Hall–Kier alpha value is -1.96. The fraction of sp³-hybridized carbons (Fsp3) is 0.818. The van der Waals surface area contributed by atoms with Gasteiger partial charge in [-0.05, 0) is 19.3 Å². The van der Waals surface area contributed by atoms with Gasteiger partial charge in [0.15, 0.2) is 0 Å². The molecule has 0 aromatic heterocycles. The van der Waals surface area contributed by atoms with Gasteiger partial charge in [0.05, 0.1) is 0 Å². The van der Waals surface area contributed by atoms with Gasteiger partial charge in [-0.1, -0.05) is 41.5 Å². The average Bonchev–Trinajstić information content (AvgIpc) is 3.09. The number of hydrogen-bond acceptors (Lipinski definition) is 5. The van der Waals surface area contributed by atoms with E-state index in [4.69, 9.17) is 5.73 Å². The van der Waals surface area contributed by atoms with Gasteiger partial charge in [0, 0.05) is 49.3 Å². The molecule has 4 N–H and O–H groups in total. The summed E-state index contributed by atoms with van der Waals surface area (Å²) in [6, 6.07) is -0.932. The molecule has 3 amide bonds. The van der Waals surface area contributed by atoms with E-state index >= 15 is 0 Å². The van der Waals surface area contributed by atoms with E-state index in [9.17, 15) is 19.2 Å². The van der Waals surface area contributed by atoms with Crippen molar-refractivity contribution in [2.75, 3.05) is 20.1 Å². The van der Waals surface area contributed by atoms with Crippen molar-refractivity contribution in [3.05, 3.63) is 0 Å². The molecule has 1 aliphatic carbocycles. The van der Waals surface area contributed by atoms with Crippen molar-refractivity contribution < 1.29 is 19.2 Å². The topological polar surface area (TPSA) is 122 Å². The lowest BCUT2D eigenvalue weighted by molar-refractivity contribution is -0.144. The van der Waals surface area contributed by atoms with Gasteiger partial charge >= 0.3 is 0 Å². The number of hydrogen-bond donors (Lipinski definition) is 3. The molecule has 0 radical (unpaired) electrons. The maximum Gasteiger partial charge on any atom is 0.243 e. The van der Waals surface area contributed by atoms with E-state index in [1.165, 1.54) is 4.90 Å². The molecule has 0 heterocycles. The molecule has 0 bridgehead atoms. The molecule has 1 rings (SSSR count). The molecule has 0 spiro atoms. The molecule has 0 aliphatic heterocycles. The lowest BCUT2D eigenvalue weighted by atomic mass is 9.86. The number of Topliss-reactive ketones (excluding diaryl/α,β-unsaturated/α-hetero) is 1. The predicted molar refractivity (Wildman–Crippen MR) is 116 cm³/mol. The van der Waals surface area contributed by atoms with Crippen LogP contribution < -0.4 is 16.4 Å². The Kier molecular flexibility index (Phi) is 9.02. The summed E-state index contributed by atoms with van der Waals surface area (Å²) >= 11 is 0. The van der Waals surface area contributed by atoms with E-state index < -0.39 is 16.9 Å². The highest BCUT2D eigenvalue weighted by molar-refractivity contribution is 5.94. The number of nitrogens with two attached hydrogens (primary N) is 1. The Morgan fingerprint density at radius 1 is 1.03 bits per heavy atom. The van der Waals surface area contributed by atoms with Crippen molar-refractivity contribution in [3.63, 3.8) is 0 Å². The lowest BCUT2D eigenvalue weighted by Crippen LogP contribution is -2.51. The van der Waals surface area contributed by atoms with Gasteiger partial charge in [0.1, 0.15) is 11.8 Å². The number of amides is 3. The van der Waals surface area contributed by atoms with Crippen LogP contribution in [0, 0.1) is 16.7 Å². The molecule has 0 saturated heterocycles. The van der Waals surface area contributed by atoms with Gasteiger partial charge in [-0.25, -0.2) is 0 Å². The first-order chi connectivity index (χ1) is 13.7. The maximum atomic E-state index is 13.1. The number of rotatable bonds is 8. The number of carbonyl (C=O) groups excluding carboxylic acids is 4. The fourth-order valence-electron chi connectivity index (χ4n) is 3.38. The molecule has 172 valence electrons. The van der Waals surface area contributed by atoms with Gasteiger partial charge in [-0.15, -0.1) is 0 Å². The average molecular weight is 425 g/mol. The summed E-state index contributed by atoms with van der Waals surface area (Å²) in [6.45, 7) is 11.5. The van der Waals surface area contributed by atoms with Crippen LogP contribution in [0.15, 0.2) is 0 Å². The van der Waals surface area contributed by atoms with Crippen LogP contribution in [0.4, 0.5) is 0 Å². The molecule has 8 heteroatoms. The molecule has 3 atom stereocenters. The number of ketones is 1. The van der Waals surface area contributed by atoms with E-state index in [2.05, 4.69) is 10.6 Å². The van der Waals surface area contributed by atoms with Crippen molar-refractivity contribution in [1.82, 2.24) is 15.5 Å².